The predicted molar refractivity (Wildman–Crippen MR) is 115 cm³/mol. The van der Waals surface area contributed by atoms with Crippen LogP contribution in [-0.4, -0.2) is 24.9 Å². The van der Waals surface area contributed by atoms with Gasteiger partial charge in [0, 0.05) is 12.0 Å². The molecule has 0 saturated carbocycles. The van der Waals surface area contributed by atoms with Gasteiger partial charge in [0.1, 0.15) is 18.7 Å². The normalized spacial score (nSPS) is 12.9. The highest BCUT2D eigenvalue weighted by atomic mass is 16.5. The lowest BCUT2D eigenvalue weighted by Gasteiger charge is -2.18. The van der Waals surface area contributed by atoms with Gasteiger partial charge in [0.05, 0.1) is 13.7 Å². The Morgan fingerprint density at radius 3 is 2.24 bits per heavy atom. The summed E-state index contributed by atoms with van der Waals surface area (Å²) in [4.78, 5) is 0. The summed E-state index contributed by atoms with van der Waals surface area (Å²) in [6.07, 6.45) is 0.354. The minimum atomic E-state index is -0.501. The molecule has 3 aromatic rings. The largest absolute Gasteiger partial charge is 0.493 e. The SMILES string of the molecule is COc1cc(C[NH2+][C@H](C)[C@H](O)c2ccccc2)ccc1OCCc1ccccc1. The molecule has 152 valence electrons. The highest BCUT2D eigenvalue weighted by molar-refractivity contribution is 5.42. The molecule has 0 aromatic heterocycles. The predicted octanol–water partition coefficient (Wildman–Crippen LogP) is 3.50. The van der Waals surface area contributed by atoms with Crippen LogP contribution in [0.25, 0.3) is 0 Å². The summed E-state index contributed by atoms with van der Waals surface area (Å²) in [6, 6.07) is 26.1. The minimum absolute atomic E-state index is 0.0465. The van der Waals surface area contributed by atoms with Crippen LogP contribution < -0.4 is 14.8 Å². The van der Waals surface area contributed by atoms with Crippen molar-refractivity contribution in [2.45, 2.75) is 32.0 Å². The Labute approximate surface area is 173 Å². The third kappa shape index (κ3) is 6.08. The van der Waals surface area contributed by atoms with E-state index in [0.717, 1.165) is 35.6 Å². The lowest BCUT2D eigenvalue weighted by atomic mass is 10.0. The zero-order valence-corrected chi connectivity index (χ0v) is 17.1. The van der Waals surface area contributed by atoms with Gasteiger partial charge in [0.25, 0.3) is 0 Å². The number of aliphatic hydroxyl groups excluding tert-OH is 1. The Morgan fingerprint density at radius 2 is 1.55 bits per heavy atom. The van der Waals surface area contributed by atoms with Gasteiger partial charge in [-0.05, 0) is 36.2 Å². The summed E-state index contributed by atoms with van der Waals surface area (Å²) in [7, 11) is 1.66. The maximum absolute atomic E-state index is 10.5. The van der Waals surface area contributed by atoms with E-state index < -0.39 is 6.10 Å². The molecule has 0 radical (unpaired) electrons. The monoisotopic (exact) mass is 392 g/mol. The van der Waals surface area contributed by atoms with E-state index >= 15 is 0 Å². The van der Waals surface area contributed by atoms with Crippen LogP contribution in [0.1, 0.15) is 29.7 Å². The first kappa shape index (κ1) is 20.9. The topological polar surface area (TPSA) is 55.3 Å². The zero-order chi connectivity index (χ0) is 20.5. The summed E-state index contributed by atoms with van der Waals surface area (Å²) < 4.78 is 11.5. The minimum Gasteiger partial charge on any atom is -0.493 e. The summed E-state index contributed by atoms with van der Waals surface area (Å²) in [5.74, 6) is 1.49. The molecule has 0 saturated heterocycles. The molecule has 3 aromatic carbocycles. The van der Waals surface area contributed by atoms with Crippen molar-refractivity contribution in [3.05, 3.63) is 95.6 Å². The van der Waals surface area contributed by atoms with Gasteiger partial charge in [0.2, 0.25) is 0 Å². The van der Waals surface area contributed by atoms with Crippen molar-refractivity contribution in [2.75, 3.05) is 13.7 Å². The lowest BCUT2D eigenvalue weighted by molar-refractivity contribution is -0.709. The van der Waals surface area contributed by atoms with Crippen LogP contribution in [0.2, 0.25) is 0 Å². The fourth-order valence-corrected chi connectivity index (χ4v) is 3.29. The number of hydrogen-bond acceptors (Lipinski definition) is 3. The van der Waals surface area contributed by atoms with Gasteiger partial charge in [0.15, 0.2) is 11.5 Å². The maximum Gasteiger partial charge on any atom is 0.161 e. The third-order valence-corrected chi connectivity index (χ3v) is 5.08. The van der Waals surface area contributed by atoms with E-state index in [4.69, 9.17) is 9.47 Å². The molecule has 0 aliphatic rings. The second-order valence-corrected chi connectivity index (χ2v) is 7.22. The summed E-state index contributed by atoms with van der Waals surface area (Å²) in [5, 5.41) is 12.7. The zero-order valence-electron chi connectivity index (χ0n) is 17.1. The Kier molecular flexibility index (Phi) is 7.68. The van der Waals surface area contributed by atoms with Crippen LogP contribution in [0, 0.1) is 0 Å². The average Bonchev–Trinajstić information content (AvgIpc) is 2.78. The van der Waals surface area contributed by atoms with Gasteiger partial charge >= 0.3 is 0 Å². The van der Waals surface area contributed by atoms with Gasteiger partial charge < -0.3 is 19.9 Å². The fraction of sp³-hybridized carbons (Fsp3) is 0.280. The first-order chi connectivity index (χ1) is 14.2. The van der Waals surface area contributed by atoms with Crippen molar-refractivity contribution in [3.8, 4) is 11.5 Å². The van der Waals surface area contributed by atoms with Crippen LogP contribution in [0.15, 0.2) is 78.9 Å². The van der Waals surface area contributed by atoms with Gasteiger partial charge in [-0.2, -0.15) is 0 Å². The molecular formula is C25H30NO3+. The molecule has 0 amide bonds. The highest BCUT2D eigenvalue weighted by Crippen LogP contribution is 2.28. The van der Waals surface area contributed by atoms with Crippen LogP contribution in [0.5, 0.6) is 11.5 Å². The molecule has 0 unspecified atom stereocenters. The van der Waals surface area contributed by atoms with Gasteiger partial charge in [-0.15, -0.1) is 0 Å². The molecule has 29 heavy (non-hydrogen) atoms. The smallest absolute Gasteiger partial charge is 0.161 e. The lowest BCUT2D eigenvalue weighted by Crippen LogP contribution is -2.88. The molecule has 0 bridgehead atoms. The van der Waals surface area contributed by atoms with E-state index in [1.54, 1.807) is 7.11 Å². The Bertz CT molecular complexity index is 868. The number of rotatable bonds is 10. The van der Waals surface area contributed by atoms with Crippen LogP contribution in [0.4, 0.5) is 0 Å². The van der Waals surface area contributed by atoms with E-state index in [1.807, 2.05) is 67.6 Å². The van der Waals surface area contributed by atoms with Gasteiger partial charge in [-0.25, -0.2) is 0 Å². The molecule has 3 N–H and O–H groups in total. The second kappa shape index (κ2) is 10.6. The molecule has 3 rings (SSSR count). The number of benzene rings is 3. The number of methoxy groups -OCH3 is 1. The molecular weight excluding hydrogens is 362 g/mol. The molecule has 0 heterocycles. The van der Waals surface area contributed by atoms with E-state index in [9.17, 15) is 5.11 Å². The first-order valence-corrected chi connectivity index (χ1v) is 10.1. The molecule has 0 aliphatic heterocycles. The Hall–Kier alpha value is -2.82. The summed E-state index contributed by atoms with van der Waals surface area (Å²) in [5.41, 5.74) is 3.32. The van der Waals surface area contributed by atoms with E-state index in [0.29, 0.717) is 6.61 Å². The van der Waals surface area contributed by atoms with E-state index in [1.165, 1.54) is 5.56 Å². The Morgan fingerprint density at radius 1 is 0.862 bits per heavy atom. The van der Waals surface area contributed by atoms with Crippen LogP contribution >= 0.6 is 0 Å². The maximum atomic E-state index is 10.5. The molecule has 2 atom stereocenters. The summed E-state index contributed by atoms with van der Waals surface area (Å²) >= 11 is 0. The van der Waals surface area contributed by atoms with E-state index in [2.05, 4.69) is 23.5 Å². The summed E-state index contributed by atoms with van der Waals surface area (Å²) in [6.45, 7) is 3.40. The van der Waals surface area contributed by atoms with Crippen LogP contribution in [-0.2, 0) is 13.0 Å². The van der Waals surface area contributed by atoms with Crippen LogP contribution in [0.3, 0.4) is 0 Å². The van der Waals surface area contributed by atoms with Crippen molar-refractivity contribution in [2.24, 2.45) is 0 Å². The number of aliphatic hydroxyl groups is 1. The fourth-order valence-electron chi connectivity index (χ4n) is 3.29. The van der Waals surface area contributed by atoms with Crippen molar-refractivity contribution in [1.82, 2.24) is 0 Å². The van der Waals surface area contributed by atoms with Crippen molar-refractivity contribution in [3.63, 3.8) is 0 Å². The van der Waals surface area contributed by atoms with Crippen molar-refractivity contribution in [1.29, 1.82) is 0 Å². The standard InChI is InChI=1S/C25H29NO3/c1-19(25(27)22-11-7-4-8-12-22)26-18-21-13-14-23(24(17-21)28-2)29-16-15-20-9-5-3-6-10-20/h3-14,17,19,25-27H,15-16,18H2,1-2H3/p+1/t19-,25+/m1/s1. The number of nitrogens with two attached hydrogens (primary N) is 1. The molecule has 0 fully saturated rings. The first-order valence-electron chi connectivity index (χ1n) is 10.1. The van der Waals surface area contributed by atoms with Gasteiger partial charge in [-0.3, -0.25) is 0 Å². The average molecular weight is 393 g/mol. The number of hydrogen-bond donors (Lipinski definition) is 2. The number of quaternary nitrogens is 1. The van der Waals surface area contributed by atoms with Crippen molar-refractivity contribution < 1.29 is 19.9 Å². The molecule has 0 spiro atoms. The molecule has 4 heteroatoms. The highest BCUT2D eigenvalue weighted by Gasteiger charge is 2.19. The third-order valence-electron chi connectivity index (χ3n) is 5.08. The molecule has 0 aliphatic carbocycles. The quantitative estimate of drug-likeness (QED) is 0.555. The number of ether oxygens (including phenoxy) is 2. The van der Waals surface area contributed by atoms with Gasteiger partial charge in [-0.1, -0.05) is 60.7 Å². The Balaban J connectivity index is 1.54. The van der Waals surface area contributed by atoms with Crippen molar-refractivity contribution >= 4 is 0 Å². The molecule has 4 nitrogen and oxygen atoms in total. The van der Waals surface area contributed by atoms with E-state index in [-0.39, 0.29) is 6.04 Å². The second-order valence-electron chi connectivity index (χ2n) is 7.22.